The second kappa shape index (κ2) is 14.0. The number of fused-ring (bicyclic) bond motifs is 12. The number of benzene rings is 7. The van der Waals surface area contributed by atoms with Crippen LogP contribution in [0.5, 0.6) is 0 Å². The highest BCUT2D eigenvalue weighted by Crippen LogP contribution is 2.61. The van der Waals surface area contributed by atoms with E-state index in [0.29, 0.717) is 17.5 Å². The molecule has 3 heterocycles. The molecule has 0 atom stereocenters. The van der Waals surface area contributed by atoms with E-state index in [4.69, 9.17) is 15.0 Å². The van der Waals surface area contributed by atoms with E-state index in [9.17, 15) is 0 Å². The maximum Gasteiger partial charge on any atom is 0.164 e. The summed E-state index contributed by atoms with van der Waals surface area (Å²) in [6.07, 6.45) is 7.31. The van der Waals surface area contributed by atoms with Gasteiger partial charge in [0, 0.05) is 47.0 Å². The highest BCUT2D eigenvalue weighted by Gasteiger charge is 2.49. The minimum absolute atomic E-state index is 0.596. The normalized spacial score (nSPS) is 12.7. The quantitative estimate of drug-likeness (QED) is 0.174. The summed E-state index contributed by atoms with van der Waals surface area (Å²) >= 11 is 0. The number of hydrogen-bond acceptors (Lipinski definition) is 5. The number of rotatable bonds is 5. The zero-order valence-corrected chi connectivity index (χ0v) is 32.9. The van der Waals surface area contributed by atoms with Crippen LogP contribution in [-0.2, 0) is 5.41 Å². The Balaban J connectivity index is 1.11. The molecule has 3 aromatic heterocycles. The lowest BCUT2D eigenvalue weighted by Gasteiger charge is -2.35. The predicted octanol–water partition coefficient (Wildman–Crippen LogP) is 13.0. The first-order chi connectivity index (χ1) is 30.2. The predicted molar refractivity (Wildman–Crippen MR) is 244 cm³/mol. The molecule has 2 aliphatic rings. The van der Waals surface area contributed by atoms with Crippen LogP contribution < -0.4 is 0 Å². The van der Waals surface area contributed by atoms with Crippen molar-refractivity contribution in [1.82, 2.24) is 24.9 Å². The third-order valence-electron chi connectivity index (χ3n) is 12.4. The van der Waals surface area contributed by atoms with Crippen molar-refractivity contribution in [3.63, 3.8) is 0 Å². The van der Waals surface area contributed by atoms with Gasteiger partial charge < -0.3 is 0 Å². The summed E-state index contributed by atoms with van der Waals surface area (Å²) in [5, 5.41) is 0. The summed E-state index contributed by atoms with van der Waals surface area (Å²) in [7, 11) is 0. The molecule has 7 aromatic carbocycles. The second-order valence-corrected chi connectivity index (χ2v) is 15.6. The Labute approximate surface area is 353 Å². The SMILES string of the molecule is c1cncc(-c2cccc(-c3nc(-c4cccc(-c5ccncc5)c4)nc(-c4ccc5c(c4)C4(c6ccccc6-c6ccccc6-c6ccccc64)c4ccccc4-5)n3)c2)c1. The van der Waals surface area contributed by atoms with Gasteiger partial charge in [0.1, 0.15) is 0 Å². The Morgan fingerprint density at radius 1 is 0.262 bits per heavy atom. The Hall–Kier alpha value is -8.15. The molecule has 2 aliphatic carbocycles. The van der Waals surface area contributed by atoms with Gasteiger partial charge in [-0.05, 0) is 109 Å². The maximum absolute atomic E-state index is 5.32. The maximum atomic E-state index is 5.32. The molecule has 10 aromatic rings. The zero-order valence-electron chi connectivity index (χ0n) is 32.9. The van der Waals surface area contributed by atoms with Crippen molar-refractivity contribution in [2.75, 3.05) is 0 Å². The van der Waals surface area contributed by atoms with Crippen molar-refractivity contribution < 1.29 is 0 Å². The lowest BCUT2D eigenvalue weighted by molar-refractivity contribution is 0.775. The van der Waals surface area contributed by atoms with Crippen LogP contribution in [0.2, 0.25) is 0 Å². The summed E-state index contributed by atoms with van der Waals surface area (Å²) < 4.78 is 0. The zero-order chi connectivity index (χ0) is 40.3. The van der Waals surface area contributed by atoms with Gasteiger partial charge in [-0.2, -0.15) is 0 Å². The largest absolute Gasteiger partial charge is 0.265 e. The van der Waals surface area contributed by atoms with Crippen molar-refractivity contribution >= 4 is 0 Å². The summed E-state index contributed by atoms with van der Waals surface area (Å²) in [6.45, 7) is 0. The first kappa shape index (κ1) is 34.9. The van der Waals surface area contributed by atoms with E-state index < -0.39 is 5.41 Å². The molecule has 0 amide bonds. The van der Waals surface area contributed by atoms with E-state index in [0.717, 1.165) is 38.9 Å². The molecular weight excluding hydrogens is 743 g/mol. The number of nitrogens with zero attached hydrogens (tertiary/aromatic N) is 5. The van der Waals surface area contributed by atoms with Crippen molar-refractivity contribution in [2.45, 2.75) is 5.41 Å². The Morgan fingerprint density at radius 2 is 0.705 bits per heavy atom. The van der Waals surface area contributed by atoms with Crippen LogP contribution in [0.25, 0.3) is 89.8 Å². The van der Waals surface area contributed by atoms with Crippen LogP contribution in [0.3, 0.4) is 0 Å². The smallest absolute Gasteiger partial charge is 0.164 e. The number of aromatic nitrogens is 5. The van der Waals surface area contributed by atoms with Gasteiger partial charge in [0.05, 0.1) is 5.41 Å². The molecule has 5 nitrogen and oxygen atoms in total. The van der Waals surface area contributed by atoms with Gasteiger partial charge in [0.25, 0.3) is 0 Å². The molecule has 0 fully saturated rings. The lowest BCUT2D eigenvalue weighted by atomic mass is 9.66. The van der Waals surface area contributed by atoms with E-state index in [1.165, 1.54) is 55.6 Å². The van der Waals surface area contributed by atoms with Crippen LogP contribution >= 0.6 is 0 Å². The van der Waals surface area contributed by atoms with Crippen LogP contribution in [-0.4, -0.2) is 24.9 Å². The molecular formula is C56H35N5. The van der Waals surface area contributed by atoms with Gasteiger partial charge in [0.2, 0.25) is 0 Å². The molecule has 0 bridgehead atoms. The summed E-state index contributed by atoms with van der Waals surface area (Å²) in [5.41, 5.74) is 18.7. The minimum Gasteiger partial charge on any atom is -0.265 e. The fourth-order valence-electron chi connectivity index (χ4n) is 9.70. The summed E-state index contributed by atoms with van der Waals surface area (Å²) in [6, 6.07) is 67.3. The summed E-state index contributed by atoms with van der Waals surface area (Å²) in [5.74, 6) is 1.80. The Morgan fingerprint density at radius 3 is 1.25 bits per heavy atom. The number of hydrogen-bond donors (Lipinski definition) is 0. The second-order valence-electron chi connectivity index (χ2n) is 15.6. The molecule has 61 heavy (non-hydrogen) atoms. The van der Waals surface area contributed by atoms with Crippen molar-refractivity contribution in [3.05, 3.63) is 235 Å². The van der Waals surface area contributed by atoms with Crippen LogP contribution in [0, 0.1) is 0 Å². The molecule has 5 heteroatoms. The third kappa shape index (κ3) is 5.52. The van der Waals surface area contributed by atoms with Crippen LogP contribution in [0.15, 0.2) is 213 Å². The summed E-state index contributed by atoms with van der Waals surface area (Å²) in [4.78, 5) is 24.5. The highest BCUT2D eigenvalue weighted by atomic mass is 15.0. The molecule has 284 valence electrons. The first-order valence-electron chi connectivity index (χ1n) is 20.6. The fourth-order valence-corrected chi connectivity index (χ4v) is 9.70. The van der Waals surface area contributed by atoms with Crippen LogP contribution in [0.4, 0.5) is 0 Å². The van der Waals surface area contributed by atoms with Gasteiger partial charge >= 0.3 is 0 Å². The topological polar surface area (TPSA) is 64.5 Å². The van der Waals surface area contributed by atoms with E-state index in [-0.39, 0.29) is 0 Å². The molecule has 0 unspecified atom stereocenters. The third-order valence-corrected chi connectivity index (χ3v) is 12.4. The molecule has 0 saturated heterocycles. The average Bonchev–Trinajstić information content (AvgIpc) is 3.58. The first-order valence-corrected chi connectivity index (χ1v) is 20.6. The molecule has 12 rings (SSSR count). The van der Waals surface area contributed by atoms with E-state index in [2.05, 4.69) is 180 Å². The van der Waals surface area contributed by atoms with E-state index >= 15 is 0 Å². The standard InChI is InChI=1S/C56H35N5/c1-2-18-44-43(17-1)45-19-3-6-22-49(45)56(50-23-7-4-20-46(44)50)51-24-8-5-21-47(51)48-26-25-41(34-52(48)56)55-60-53(39-14-9-12-37(32-39)36-27-30-57-31-28-36)59-54(61-55)40-15-10-13-38(33-40)42-16-11-29-58-35-42/h1-35H. The minimum atomic E-state index is -0.621. The number of pyridine rings is 2. The van der Waals surface area contributed by atoms with Crippen LogP contribution in [0.1, 0.15) is 22.3 Å². The van der Waals surface area contributed by atoms with Gasteiger partial charge in [-0.15, -0.1) is 0 Å². The lowest BCUT2D eigenvalue weighted by Crippen LogP contribution is -2.29. The average molecular weight is 778 g/mol. The van der Waals surface area contributed by atoms with E-state index in [1.807, 2.05) is 36.8 Å². The molecule has 0 radical (unpaired) electrons. The van der Waals surface area contributed by atoms with Gasteiger partial charge in [-0.25, -0.2) is 15.0 Å². The van der Waals surface area contributed by atoms with Crippen molar-refractivity contribution in [1.29, 1.82) is 0 Å². The van der Waals surface area contributed by atoms with Gasteiger partial charge in [0.15, 0.2) is 17.5 Å². The van der Waals surface area contributed by atoms with Gasteiger partial charge in [-0.1, -0.05) is 152 Å². The van der Waals surface area contributed by atoms with Crippen molar-refractivity contribution in [2.24, 2.45) is 0 Å². The molecule has 1 spiro atoms. The molecule has 0 N–H and O–H groups in total. The van der Waals surface area contributed by atoms with Gasteiger partial charge in [-0.3, -0.25) is 9.97 Å². The monoisotopic (exact) mass is 777 g/mol. The fraction of sp³-hybridized carbons (Fsp3) is 0.0179. The molecule has 0 saturated carbocycles. The Kier molecular flexibility index (Phi) is 8.00. The molecule has 0 aliphatic heterocycles. The Bertz CT molecular complexity index is 3150. The van der Waals surface area contributed by atoms with Crippen molar-refractivity contribution in [3.8, 4) is 89.8 Å². The van der Waals surface area contributed by atoms with E-state index in [1.54, 1.807) is 6.20 Å². The highest BCUT2D eigenvalue weighted by molar-refractivity contribution is 5.97.